The number of benzene rings is 2. The van der Waals surface area contributed by atoms with Gasteiger partial charge in [-0.3, -0.25) is 4.79 Å². The van der Waals surface area contributed by atoms with Gasteiger partial charge in [0.05, 0.1) is 11.3 Å². The van der Waals surface area contributed by atoms with Crippen LogP contribution in [0.5, 0.6) is 0 Å². The van der Waals surface area contributed by atoms with Gasteiger partial charge in [0.2, 0.25) is 10.0 Å². The number of rotatable bonds is 6. The van der Waals surface area contributed by atoms with Gasteiger partial charge in [-0.1, -0.05) is 43.3 Å². The lowest BCUT2D eigenvalue weighted by molar-refractivity contribution is -0.137. The number of hydrogen-bond acceptors (Lipinski definition) is 3. The van der Waals surface area contributed by atoms with Crippen LogP contribution in [-0.4, -0.2) is 25.5 Å². The molecule has 132 valence electrons. The highest BCUT2D eigenvalue weighted by molar-refractivity contribution is 7.89. The van der Waals surface area contributed by atoms with E-state index in [1.807, 2.05) is 25.1 Å². The van der Waals surface area contributed by atoms with Crippen LogP contribution in [0, 0.1) is 0 Å². The first kappa shape index (κ1) is 17.6. The second-order valence-corrected chi connectivity index (χ2v) is 8.28. The summed E-state index contributed by atoms with van der Waals surface area (Å²) in [5, 5.41) is 8.94. The van der Waals surface area contributed by atoms with E-state index in [-0.39, 0.29) is 23.3 Å². The molecule has 0 saturated heterocycles. The fourth-order valence-electron chi connectivity index (χ4n) is 3.29. The van der Waals surface area contributed by atoms with E-state index in [4.69, 9.17) is 5.11 Å². The Hall–Kier alpha value is -2.18. The van der Waals surface area contributed by atoms with E-state index in [1.54, 1.807) is 30.3 Å². The quantitative estimate of drug-likeness (QED) is 0.831. The van der Waals surface area contributed by atoms with E-state index in [1.165, 1.54) is 0 Å². The van der Waals surface area contributed by atoms with Gasteiger partial charge >= 0.3 is 5.97 Å². The molecule has 2 N–H and O–H groups in total. The number of carbonyl (C=O) groups is 1. The molecule has 2 unspecified atom stereocenters. The van der Waals surface area contributed by atoms with Crippen molar-refractivity contribution in [2.75, 3.05) is 0 Å². The van der Waals surface area contributed by atoms with E-state index in [0.717, 1.165) is 16.7 Å². The van der Waals surface area contributed by atoms with Crippen molar-refractivity contribution in [2.24, 2.45) is 0 Å². The lowest BCUT2D eigenvalue weighted by Gasteiger charge is -2.12. The number of fused-ring (bicyclic) bond motifs is 1. The van der Waals surface area contributed by atoms with Crippen molar-refractivity contribution < 1.29 is 18.3 Å². The summed E-state index contributed by atoms with van der Waals surface area (Å²) in [6, 6.07) is 14.1. The zero-order valence-electron chi connectivity index (χ0n) is 14.0. The van der Waals surface area contributed by atoms with Crippen molar-refractivity contribution in [1.29, 1.82) is 0 Å². The summed E-state index contributed by atoms with van der Waals surface area (Å²) >= 11 is 0. The van der Waals surface area contributed by atoms with Crippen LogP contribution < -0.4 is 4.72 Å². The fourth-order valence-corrected chi connectivity index (χ4v) is 4.55. The number of carboxylic acid groups (broad SMARTS) is 1. The zero-order valence-corrected chi connectivity index (χ0v) is 14.8. The summed E-state index contributed by atoms with van der Waals surface area (Å²) in [7, 11) is -3.53. The molecular weight excluding hydrogens is 338 g/mol. The number of hydrogen-bond donors (Lipinski definition) is 2. The lowest BCUT2D eigenvalue weighted by Crippen LogP contribution is -2.35. The molecule has 0 saturated carbocycles. The maximum Gasteiger partial charge on any atom is 0.303 e. The van der Waals surface area contributed by atoms with Gasteiger partial charge in [-0.2, -0.15) is 0 Å². The van der Waals surface area contributed by atoms with Crippen molar-refractivity contribution >= 4 is 16.0 Å². The Morgan fingerprint density at radius 2 is 1.84 bits per heavy atom. The molecule has 6 heteroatoms. The van der Waals surface area contributed by atoms with E-state index in [0.29, 0.717) is 12.8 Å². The molecule has 0 aromatic heterocycles. The van der Waals surface area contributed by atoms with E-state index in [2.05, 4.69) is 4.72 Å². The molecule has 0 heterocycles. The van der Waals surface area contributed by atoms with Crippen LogP contribution in [0.3, 0.4) is 0 Å². The Morgan fingerprint density at radius 1 is 1.16 bits per heavy atom. The molecule has 0 aliphatic heterocycles. The van der Waals surface area contributed by atoms with Crippen LogP contribution in [0.15, 0.2) is 53.4 Å². The Bertz CT molecular complexity index is 878. The molecule has 2 atom stereocenters. The summed E-state index contributed by atoms with van der Waals surface area (Å²) in [6.45, 7) is 1.89. The van der Waals surface area contributed by atoms with Crippen LogP contribution in [0.2, 0.25) is 0 Å². The van der Waals surface area contributed by atoms with Crippen molar-refractivity contribution in [3.8, 4) is 0 Å². The van der Waals surface area contributed by atoms with Crippen LogP contribution in [0.1, 0.15) is 36.0 Å². The van der Waals surface area contributed by atoms with Gasteiger partial charge in [-0.15, -0.1) is 0 Å². The lowest BCUT2D eigenvalue weighted by atomic mass is 9.95. The van der Waals surface area contributed by atoms with Crippen molar-refractivity contribution in [3.05, 3.63) is 65.2 Å². The molecule has 0 radical (unpaired) electrons. The molecule has 0 amide bonds. The molecule has 25 heavy (non-hydrogen) atoms. The normalized spacial score (nSPS) is 17.9. The first-order chi connectivity index (χ1) is 11.8. The number of nitrogens with one attached hydrogen (secondary N) is 1. The largest absolute Gasteiger partial charge is 0.481 e. The van der Waals surface area contributed by atoms with Gasteiger partial charge in [0, 0.05) is 6.04 Å². The minimum Gasteiger partial charge on any atom is -0.481 e. The van der Waals surface area contributed by atoms with Crippen LogP contribution in [-0.2, 0) is 27.7 Å². The molecular formula is C19H21NO4S. The Balaban J connectivity index is 1.72. The topological polar surface area (TPSA) is 83.5 Å². The third-order valence-corrected chi connectivity index (χ3v) is 6.12. The average Bonchev–Trinajstić information content (AvgIpc) is 2.95. The van der Waals surface area contributed by atoms with Gasteiger partial charge < -0.3 is 5.11 Å². The summed E-state index contributed by atoms with van der Waals surface area (Å²) in [6.07, 6.45) is 1.35. The molecule has 3 rings (SSSR count). The first-order valence-corrected chi connectivity index (χ1v) is 9.74. The van der Waals surface area contributed by atoms with Gasteiger partial charge in [0.15, 0.2) is 0 Å². The van der Waals surface area contributed by atoms with Gasteiger partial charge in [0.1, 0.15) is 0 Å². The summed E-state index contributed by atoms with van der Waals surface area (Å²) in [5.41, 5.74) is 3.19. The standard InChI is InChI=1S/C19H21NO4S/c1-13(9-19(21)22)14-7-8-15-11-17(12-16(15)10-14)20-25(23,24)18-5-3-2-4-6-18/h2-8,10,13,17,20H,9,11-12H2,1H3,(H,21,22). The predicted octanol–water partition coefficient (Wildman–Crippen LogP) is 2.71. The second-order valence-electron chi connectivity index (χ2n) is 6.57. The van der Waals surface area contributed by atoms with E-state index >= 15 is 0 Å². The van der Waals surface area contributed by atoms with Crippen LogP contribution >= 0.6 is 0 Å². The summed E-state index contributed by atoms with van der Waals surface area (Å²) in [4.78, 5) is 11.1. The molecule has 2 aromatic carbocycles. The first-order valence-electron chi connectivity index (χ1n) is 8.26. The molecule has 0 fully saturated rings. The predicted molar refractivity (Wildman–Crippen MR) is 95.1 cm³/mol. The highest BCUT2D eigenvalue weighted by Crippen LogP contribution is 2.28. The zero-order chi connectivity index (χ0) is 18.0. The molecule has 1 aliphatic rings. The molecule has 0 bridgehead atoms. The maximum absolute atomic E-state index is 12.5. The minimum atomic E-state index is -3.53. The van der Waals surface area contributed by atoms with Crippen LogP contribution in [0.4, 0.5) is 0 Å². The maximum atomic E-state index is 12.5. The summed E-state index contributed by atoms with van der Waals surface area (Å²) < 4.78 is 27.7. The summed E-state index contributed by atoms with van der Waals surface area (Å²) in [5.74, 6) is -0.885. The number of sulfonamides is 1. The smallest absolute Gasteiger partial charge is 0.303 e. The van der Waals surface area contributed by atoms with Crippen molar-refractivity contribution in [3.63, 3.8) is 0 Å². The van der Waals surface area contributed by atoms with Gasteiger partial charge in [0.25, 0.3) is 0 Å². The SMILES string of the molecule is CC(CC(=O)O)c1ccc2c(c1)CC(NS(=O)(=O)c1ccccc1)C2. The Kier molecular flexibility index (Phi) is 4.92. The van der Waals surface area contributed by atoms with E-state index in [9.17, 15) is 13.2 Å². The molecule has 5 nitrogen and oxygen atoms in total. The molecule has 2 aromatic rings. The third-order valence-electron chi connectivity index (χ3n) is 4.59. The Morgan fingerprint density at radius 3 is 2.52 bits per heavy atom. The highest BCUT2D eigenvalue weighted by Gasteiger charge is 2.27. The fraction of sp³-hybridized carbons (Fsp3) is 0.316. The average molecular weight is 359 g/mol. The van der Waals surface area contributed by atoms with Gasteiger partial charge in [-0.25, -0.2) is 13.1 Å². The highest BCUT2D eigenvalue weighted by atomic mass is 32.2. The second kappa shape index (κ2) is 6.98. The number of carboxylic acids is 1. The van der Waals surface area contributed by atoms with Crippen molar-refractivity contribution in [1.82, 2.24) is 4.72 Å². The van der Waals surface area contributed by atoms with Crippen LogP contribution in [0.25, 0.3) is 0 Å². The van der Waals surface area contributed by atoms with Gasteiger partial charge in [-0.05, 0) is 47.6 Å². The third kappa shape index (κ3) is 4.08. The van der Waals surface area contributed by atoms with Crippen molar-refractivity contribution in [2.45, 2.75) is 43.0 Å². The monoisotopic (exact) mass is 359 g/mol. The molecule has 0 spiro atoms. The minimum absolute atomic E-state index is 0.0668. The molecule has 1 aliphatic carbocycles. The van der Waals surface area contributed by atoms with E-state index < -0.39 is 16.0 Å². The number of aliphatic carboxylic acids is 1. The Labute approximate surface area is 147 Å².